The summed E-state index contributed by atoms with van der Waals surface area (Å²) in [5.74, 6) is 0.262. The Labute approximate surface area is 225 Å². The van der Waals surface area contributed by atoms with Crippen LogP contribution in [0.1, 0.15) is 61.4 Å². The molecule has 8 nitrogen and oxygen atoms in total. The highest BCUT2D eigenvalue weighted by Gasteiger charge is 2.29. The van der Waals surface area contributed by atoms with Crippen LogP contribution in [0.3, 0.4) is 0 Å². The lowest BCUT2D eigenvalue weighted by atomic mass is 10.00. The zero-order chi connectivity index (χ0) is 27.3. The number of aryl methyl sites for hydroxylation is 2. The molecule has 0 fully saturated rings. The van der Waals surface area contributed by atoms with Gasteiger partial charge in [-0.1, -0.05) is 72.5 Å². The van der Waals surface area contributed by atoms with Crippen LogP contribution in [0.25, 0.3) is 22.5 Å². The molecule has 0 saturated carbocycles. The molecule has 1 amide bonds. The van der Waals surface area contributed by atoms with Gasteiger partial charge in [-0.05, 0) is 33.1 Å². The highest BCUT2D eigenvalue weighted by molar-refractivity contribution is 7.89. The predicted molar refractivity (Wildman–Crippen MR) is 150 cm³/mol. The first-order chi connectivity index (χ1) is 18.1. The molecular formula is C29H36N4O4S. The number of amides is 1. The Balaban J connectivity index is 1.52. The minimum absolute atomic E-state index is 0.193. The number of nitrogens with zero attached hydrogens (tertiary/aromatic N) is 3. The topological polar surface area (TPSA) is 112 Å². The van der Waals surface area contributed by atoms with Gasteiger partial charge < -0.3 is 10.0 Å². The Bertz CT molecular complexity index is 1370. The summed E-state index contributed by atoms with van der Waals surface area (Å²) in [4.78, 5) is 24.0. The summed E-state index contributed by atoms with van der Waals surface area (Å²) in [6.45, 7) is 5.56. The predicted octanol–water partition coefficient (Wildman–Crippen LogP) is 4.70. The molecule has 38 heavy (non-hydrogen) atoms. The summed E-state index contributed by atoms with van der Waals surface area (Å²) in [6.07, 6.45) is 4.35. The molecule has 1 atom stereocenters. The molecule has 1 unspecified atom stereocenters. The number of rotatable bonds is 10. The van der Waals surface area contributed by atoms with E-state index < -0.39 is 22.0 Å². The summed E-state index contributed by atoms with van der Waals surface area (Å²) >= 11 is 0. The van der Waals surface area contributed by atoms with Gasteiger partial charge >= 0.3 is 0 Å². The van der Waals surface area contributed by atoms with E-state index in [4.69, 9.17) is 9.97 Å². The first kappa shape index (κ1) is 27.7. The van der Waals surface area contributed by atoms with Crippen molar-refractivity contribution in [3.05, 3.63) is 65.4 Å². The van der Waals surface area contributed by atoms with Gasteiger partial charge in [-0.3, -0.25) is 9.52 Å². The number of benzene rings is 2. The standard InChI is InChI=1S/C29H36N4O4S/c1-20-9-13-22(14-10-20)26-27(23-15-11-21(2)12-16-23)31-29-28(30-26)24(34)17-19-33(29)18-7-5-4-6-8-25(35)32-38(3,36)37/h9-16,24,34H,4-8,17-19H2,1-3H3,(H,32,35). The van der Waals surface area contributed by atoms with Crippen LogP contribution in [0.5, 0.6) is 0 Å². The molecule has 0 spiro atoms. The maximum Gasteiger partial charge on any atom is 0.233 e. The number of carbonyl (C=O) groups is 1. The molecule has 2 heterocycles. The van der Waals surface area contributed by atoms with Gasteiger partial charge in [0, 0.05) is 30.6 Å². The van der Waals surface area contributed by atoms with Crippen LogP contribution < -0.4 is 9.62 Å². The van der Waals surface area contributed by atoms with Crippen molar-refractivity contribution in [1.82, 2.24) is 14.7 Å². The van der Waals surface area contributed by atoms with Crippen molar-refractivity contribution in [1.29, 1.82) is 0 Å². The van der Waals surface area contributed by atoms with E-state index in [1.165, 1.54) is 11.1 Å². The van der Waals surface area contributed by atoms with Gasteiger partial charge in [0.05, 0.1) is 17.6 Å². The van der Waals surface area contributed by atoms with E-state index in [-0.39, 0.29) is 6.42 Å². The summed E-state index contributed by atoms with van der Waals surface area (Å²) in [7, 11) is -3.51. The molecule has 9 heteroatoms. The molecule has 0 saturated heterocycles. The molecule has 202 valence electrons. The number of hydrogen-bond donors (Lipinski definition) is 2. The van der Waals surface area contributed by atoms with E-state index >= 15 is 0 Å². The second kappa shape index (κ2) is 12.0. The van der Waals surface area contributed by atoms with Crippen LogP contribution in [0.2, 0.25) is 0 Å². The smallest absolute Gasteiger partial charge is 0.233 e. The second-order valence-electron chi connectivity index (χ2n) is 10.1. The molecule has 2 N–H and O–H groups in total. The lowest BCUT2D eigenvalue weighted by Gasteiger charge is -2.33. The zero-order valence-corrected chi connectivity index (χ0v) is 23.1. The monoisotopic (exact) mass is 536 g/mol. The summed E-state index contributed by atoms with van der Waals surface area (Å²) < 4.78 is 24.3. The zero-order valence-electron chi connectivity index (χ0n) is 22.3. The third-order valence-corrected chi connectivity index (χ3v) is 7.32. The van der Waals surface area contributed by atoms with Crippen LogP contribution in [-0.4, -0.2) is 48.7 Å². The lowest BCUT2D eigenvalue weighted by Crippen LogP contribution is -2.34. The van der Waals surface area contributed by atoms with Crippen LogP contribution in [0.15, 0.2) is 48.5 Å². The fourth-order valence-corrected chi connectivity index (χ4v) is 5.17. The normalized spacial score (nSPS) is 15.3. The second-order valence-corrected chi connectivity index (χ2v) is 11.9. The number of nitrogens with one attached hydrogen (secondary N) is 1. The highest BCUT2D eigenvalue weighted by Crippen LogP contribution is 2.38. The van der Waals surface area contributed by atoms with Crippen molar-refractivity contribution in [2.75, 3.05) is 24.2 Å². The van der Waals surface area contributed by atoms with Crippen LogP contribution >= 0.6 is 0 Å². The SMILES string of the molecule is Cc1ccc(-c2nc3c(nc2-c2ccc(C)cc2)N(CCCCCCC(=O)NS(C)(=O)=O)CCC3O)cc1. The minimum atomic E-state index is -3.51. The summed E-state index contributed by atoms with van der Waals surface area (Å²) in [6, 6.07) is 16.5. The molecule has 4 rings (SSSR count). The van der Waals surface area contributed by atoms with Gasteiger partial charge in [0.25, 0.3) is 0 Å². The third kappa shape index (κ3) is 7.17. The number of hydrogen-bond acceptors (Lipinski definition) is 7. The number of carbonyl (C=O) groups excluding carboxylic acids is 1. The third-order valence-electron chi connectivity index (χ3n) is 6.72. The highest BCUT2D eigenvalue weighted by atomic mass is 32.2. The van der Waals surface area contributed by atoms with E-state index in [9.17, 15) is 18.3 Å². The molecule has 1 aliphatic rings. The fourth-order valence-electron chi connectivity index (χ4n) is 4.66. The van der Waals surface area contributed by atoms with Crippen LogP contribution in [0, 0.1) is 13.8 Å². The van der Waals surface area contributed by atoms with E-state index in [0.717, 1.165) is 60.4 Å². The number of fused-ring (bicyclic) bond motifs is 1. The first-order valence-electron chi connectivity index (χ1n) is 13.1. The summed E-state index contributed by atoms with van der Waals surface area (Å²) in [5.41, 5.74) is 6.45. The summed E-state index contributed by atoms with van der Waals surface area (Å²) in [5, 5.41) is 10.9. The van der Waals surface area contributed by atoms with E-state index in [2.05, 4.69) is 55.1 Å². The molecule has 0 bridgehead atoms. The van der Waals surface area contributed by atoms with E-state index in [0.29, 0.717) is 25.1 Å². The van der Waals surface area contributed by atoms with Crippen molar-refractivity contribution < 1.29 is 18.3 Å². The number of unbranched alkanes of at least 4 members (excludes halogenated alkanes) is 3. The quantitative estimate of drug-likeness (QED) is 0.361. The Morgan fingerprint density at radius 2 is 1.47 bits per heavy atom. The lowest BCUT2D eigenvalue weighted by molar-refractivity contribution is -0.119. The largest absolute Gasteiger partial charge is 0.387 e. The Kier molecular flexibility index (Phi) is 8.79. The van der Waals surface area contributed by atoms with Gasteiger partial charge in [-0.2, -0.15) is 0 Å². The number of sulfonamides is 1. The average molecular weight is 537 g/mol. The maximum atomic E-state index is 11.7. The van der Waals surface area contributed by atoms with Crippen molar-refractivity contribution in [3.63, 3.8) is 0 Å². The van der Waals surface area contributed by atoms with Gasteiger partial charge in [0.1, 0.15) is 11.8 Å². The van der Waals surface area contributed by atoms with Gasteiger partial charge in [-0.25, -0.2) is 18.4 Å². The molecule has 2 aromatic carbocycles. The van der Waals surface area contributed by atoms with E-state index in [1.807, 2.05) is 16.9 Å². The molecule has 1 aliphatic heterocycles. The van der Waals surface area contributed by atoms with Crippen molar-refractivity contribution in [2.45, 2.75) is 58.5 Å². The minimum Gasteiger partial charge on any atom is -0.387 e. The van der Waals surface area contributed by atoms with Crippen molar-refractivity contribution in [2.24, 2.45) is 0 Å². The first-order valence-corrected chi connectivity index (χ1v) is 15.0. The van der Waals surface area contributed by atoms with Crippen LogP contribution in [0.4, 0.5) is 5.82 Å². The fraction of sp³-hybridized carbons (Fsp3) is 0.414. The molecule has 0 radical (unpaired) electrons. The Hall–Kier alpha value is -3.30. The maximum absolute atomic E-state index is 11.7. The van der Waals surface area contributed by atoms with Gasteiger partial charge in [0.15, 0.2) is 5.82 Å². The molecule has 1 aromatic heterocycles. The number of aliphatic hydroxyl groups is 1. The number of anilines is 1. The number of aliphatic hydroxyl groups excluding tert-OH is 1. The molecule has 0 aliphatic carbocycles. The van der Waals surface area contributed by atoms with Gasteiger partial charge in [-0.15, -0.1) is 0 Å². The number of aromatic nitrogens is 2. The molecule has 3 aromatic rings. The average Bonchev–Trinajstić information content (AvgIpc) is 2.87. The Morgan fingerprint density at radius 1 is 0.921 bits per heavy atom. The molecular weight excluding hydrogens is 500 g/mol. The van der Waals surface area contributed by atoms with Gasteiger partial charge in [0.2, 0.25) is 15.9 Å². The van der Waals surface area contributed by atoms with Crippen molar-refractivity contribution in [3.8, 4) is 22.5 Å². The Morgan fingerprint density at radius 3 is 2.05 bits per heavy atom. The van der Waals surface area contributed by atoms with Crippen LogP contribution in [-0.2, 0) is 14.8 Å². The van der Waals surface area contributed by atoms with Crippen molar-refractivity contribution >= 4 is 21.7 Å². The van der Waals surface area contributed by atoms with E-state index in [1.54, 1.807) is 0 Å².